The van der Waals surface area contributed by atoms with E-state index in [1.165, 1.54) is 6.33 Å². The van der Waals surface area contributed by atoms with Crippen molar-refractivity contribution in [2.75, 3.05) is 0 Å². The van der Waals surface area contributed by atoms with Crippen LogP contribution in [0, 0.1) is 18.3 Å². The average molecular weight is 241 g/mol. The fourth-order valence-electron chi connectivity index (χ4n) is 1.69. The van der Waals surface area contributed by atoms with E-state index in [2.05, 4.69) is 15.0 Å². The molecule has 0 fully saturated rings. The molecular weight excluding hydrogens is 234 g/mol. The van der Waals surface area contributed by atoms with E-state index in [4.69, 9.17) is 5.26 Å². The number of aryl methyl sites for hydroxylation is 1. The normalized spacial score (nSPS) is 10.6. The fraction of sp³-hybridized carbons (Fsp3) is 0.0909. The topological polar surface area (TPSA) is 67.4 Å². The summed E-state index contributed by atoms with van der Waals surface area (Å²) in [6.45, 7) is 2.01. The summed E-state index contributed by atoms with van der Waals surface area (Å²) in [5.74, 6) is 1.04. The van der Waals surface area contributed by atoms with Gasteiger partial charge in [-0.1, -0.05) is 0 Å². The number of hydrogen-bond acceptors (Lipinski definition) is 5. The summed E-state index contributed by atoms with van der Waals surface area (Å²) in [5.41, 5.74) is 2.05. The highest BCUT2D eigenvalue weighted by molar-refractivity contribution is 7.17. The average Bonchev–Trinajstić information content (AvgIpc) is 2.96. The molecule has 3 aromatic rings. The molecular formula is C11H7N5S. The van der Waals surface area contributed by atoms with Crippen molar-refractivity contribution in [3.05, 3.63) is 35.5 Å². The van der Waals surface area contributed by atoms with E-state index < -0.39 is 0 Å². The van der Waals surface area contributed by atoms with Crippen molar-refractivity contribution in [1.82, 2.24) is 19.5 Å². The van der Waals surface area contributed by atoms with Crippen LogP contribution in [-0.2, 0) is 0 Å². The van der Waals surface area contributed by atoms with Gasteiger partial charge >= 0.3 is 0 Å². The molecule has 0 spiro atoms. The van der Waals surface area contributed by atoms with E-state index in [0.717, 1.165) is 15.8 Å². The summed E-state index contributed by atoms with van der Waals surface area (Å²) in [7, 11) is 0. The predicted molar refractivity (Wildman–Crippen MR) is 64.0 cm³/mol. The third-order valence-corrected chi connectivity index (χ3v) is 3.56. The number of nitriles is 1. The Hall–Kier alpha value is -2.26. The summed E-state index contributed by atoms with van der Waals surface area (Å²) < 4.78 is 2.65. The van der Waals surface area contributed by atoms with Crippen LogP contribution in [0.5, 0.6) is 0 Å². The Morgan fingerprint density at radius 1 is 1.35 bits per heavy atom. The lowest BCUT2D eigenvalue weighted by Gasteiger charge is -2.02. The molecule has 3 rings (SSSR count). The van der Waals surface area contributed by atoms with Gasteiger partial charge in [0.2, 0.25) is 5.82 Å². The maximum atomic E-state index is 8.97. The zero-order valence-corrected chi connectivity index (χ0v) is 9.77. The van der Waals surface area contributed by atoms with E-state index in [1.807, 2.05) is 18.4 Å². The first-order valence-corrected chi connectivity index (χ1v) is 5.82. The van der Waals surface area contributed by atoms with Gasteiger partial charge in [-0.25, -0.2) is 15.0 Å². The zero-order valence-electron chi connectivity index (χ0n) is 8.95. The lowest BCUT2D eigenvalue weighted by atomic mass is 10.3. The molecule has 0 aliphatic rings. The molecule has 0 amide bonds. The number of nitrogens with zero attached hydrogens (tertiary/aromatic N) is 5. The van der Waals surface area contributed by atoms with Crippen molar-refractivity contribution in [3.8, 4) is 11.9 Å². The monoisotopic (exact) mass is 241 g/mol. The first-order chi connectivity index (χ1) is 8.31. The lowest BCUT2D eigenvalue weighted by Crippen LogP contribution is -2.00. The van der Waals surface area contributed by atoms with E-state index in [-0.39, 0.29) is 0 Å². The fourth-order valence-corrected chi connectivity index (χ4v) is 2.67. The van der Waals surface area contributed by atoms with Crippen molar-refractivity contribution in [1.29, 1.82) is 5.26 Å². The van der Waals surface area contributed by atoms with Gasteiger partial charge in [0.15, 0.2) is 5.82 Å². The molecule has 17 heavy (non-hydrogen) atoms. The molecule has 0 radical (unpaired) electrons. The zero-order chi connectivity index (χ0) is 11.8. The Morgan fingerprint density at radius 2 is 2.24 bits per heavy atom. The number of thiophene rings is 1. The molecule has 0 saturated heterocycles. The van der Waals surface area contributed by atoms with Crippen molar-refractivity contribution < 1.29 is 0 Å². The summed E-state index contributed by atoms with van der Waals surface area (Å²) in [6.07, 6.45) is 4.83. The van der Waals surface area contributed by atoms with Crippen molar-refractivity contribution in [3.63, 3.8) is 0 Å². The summed E-state index contributed by atoms with van der Waals surface area (Å²) in [5, 5.41) is 11.0. The number of imidazole rings is 1. The Balaban J connectivity index is 2.35. The van der Waals surface area contributed by atoms with Gasteiger partial charge < -0.3 is 0 Å². The molecule has 5 nitrogen and oxygen atoms in total. The van der Waals surface area contributed by atoms with Gasteiger partial charge in [0.05, 0.1) is 10.2 Å². The number of rotatable bonds is 1. The van der Waals surface area contributed by atoms with E-state index in [0.29, 0.717) is 11.6 Å². The Bertz CT molecular complexity index is 734. The smallest absolute Gasteiger partial charge is 0.218 e. The second-order valence-electron chi connectivity index (χ2n) is 3.53. The Morgan fingerprint density at radius 3 is 3.06 bits per heavy atom. The first kappa shape index (κ1) is 9.93. The number of aromatic nitrogens is 4. The molecule has 0 bridgehead atoms. The van der Waals surface area contributed by atoms with Gasteiger partial charge in [0, 0.05) is 12.4 Å². The van der Waals surface area contributed by atoms with Crippen LogP contribution in [0.15, 0.2) is 24.1 Å². The van der Waals surface area contributed by atoms with Gasteiger partial charge in [-0.3, -0.25) is 4.57 Å². The minimum Gasteiger partial charge on any atom is -0.274 e. The second-order valence-corrected chi connectivity index (χ2v) is 4.41. The van der Waals surface area contributed by atoms with Crippen molar-refractivity contribution >= 4 is 21.6 Å². The standard InChI is InChI=1S/C11H7N5S/c1-7-5-17-10-9(7)14-6-15-11(10)16-3-2-13-8(16)4-12/h2-3,5-6H,1H3. The maximum absolute atomic E-state index is 8.97. The molecule has 0 unspecified atom stereocenters. The minimum atomic E-state index is 0.330. The molecule has 3 aromatic heterocycles. The quantitative estimate of drug-likeness (QED) is 0.654. The van der Waals surface area contributed by atoms with E-state index in [9.17, 15) is 0 Å². The van der Waals surface area contributed by atoms with Gasteiger partial charge in [-0.05, 0) is 17.9 Å². The van der Waals surface area contributed by atoms with Crippen LogP contribution in [0.4, 0.5) is 0 Å². The molecule has 0 aliphatic carbocycles. The predicted octanol–water partition coefficient (Wildman–Crippen LogP) is 2.06. The van der Waals surface area contributed by atoms with Crippen LogP contribution in [0.3, 0.4) is 0 Å². The van der Waals surface area contributed by atoms with Crippen LogP contribution in [0.2, 0.25) is 0 Å². The van der Waals surface area contributed by atoms with Crippen molar-refractivity contribution in [2.24, 2.45) is 0 Å². The second kappa shape index (κ2) is 3.64. The highest BCUT2D eigenvalue weighted by Crippen LogP contribution is 2.27. The molecule has 0 aliphatic heterocycles. The lowest BCUT2D eigenvalue weighted by molar-refractivity contribution is 0.971. The largest absolute Gasteiger partial charge is 0.274 e. The molecule has 0 N–H and O–H groups in total. The molecule has 82 valence electrons. The highest BCUT2D eigenvalue weighted by atomic mass is 32.1. The van der Waals surface area contributed by atoms with Gasteiger partial charge in [0.1, 0.15) is 12.4 Å². The summed E-state index contributed by atoms with van der Waals surface area (Å²) in [4.78, 5) is 12.5. The van der Waals surface area contributed by atoms with E-state index in [1.54, 1.807) is 28.3 Å². The molecule has 0 aromatic carbocycles. The van der Waals surface area contributed by atoms with Gasteiger partial charge in [-0.2, -0.15) is 5.26 Å². The van der Waals surface area contributed by atoms with Crippen LogP contribution in [0.25, 0.3) is 16.0 Å². The molecule has 0 atom stereocenters. The Kier molecular flexibility index (Phi) is 2.13. The number of hydrogen-bond donors (Lipinski definition) is 0. The SMILES string of the molecule is Cc1csc2c(-n3ccnc3C#N)ncnc12. The van der Waals surface area contributed by atoms with Crippen LogP contribution in [-0.4, -0.2) is 19.5 Å². The third kappa shape index (κ3) is 1.40. The van der Waals surface area contributed by atoms with Gasteiger partial charge in [-0.15, -0.1) is 11.3 Å². The van der Waals surface area contributed by atoms with Crippen LogP contribution in [0.1, 0.15) is 11.4 Å². The Labute approximate surface area is 101 Å². The first-order valence-electron chi connectivity index (χ1n) is 4.94. The van der Waals surface area contributed by atoms with Crippen molar-refractivity contribution in [2.45, 2.75) is 6.92 Å². The maximum Gasteiger partial charge on any atom is 0.218 e. The third-order valence-electron chi connectivity index (χ3n) is 2.48. The molecule has 0 saturated carbocycles. The minimum absolute atomic E-state index is 0.330. The summed E-state index contributed by atoms with van der Waals surface area (Å²) in [6, 6.07) is 2.04. The highest BCUT2D eigenvalue weighted by Gasteiger charge is 2.12. The molecule has 3 heterocycles. The number of fused-ring (bicyclic) bond motifs is 1. The van der Waals surface area contributed by atoms with Crippen LogP contribution < -0.4 is 0 Å². The molecule has 6 heteroatoms. The van der Waals surface area contributed by atoms with Gasteiger partial charge in [0.25, 0.3) is 0 Å². The summed E-state index contributed by atoms with van der Waals surface area (Å²) >= 11 is 1.57. The van der Waals surface area contributed by atoms with Crippen LogP contribution >= 0.6 is 11.3 Å². The van der Waals surface area contributed by atoms with E-state index >= 15 is 0 Å².